The standard InChI is InChI=1S/C23H32O6/c1-12(24)28-14-7-9-22(3)16-8-10-23(4)15(5-6-18(23)26)19(16)21(29-13(2)25)20(27)17(22)11-14/h14-17,19,21H,5-11H2,1-4H3/t14-,15-,16-,17+,19-,21+,22+,23-/m0/s1. The van der Waals surface area contributed by atoms with E-state index in [1.54, 1.807) is 0 Å². The summed E-state index contributed by atoms with van der Waals surface area (Å²) in [4.78, 5) is 49.7. The number of rotatable bonds is 2. The van der Waals surface area contributed by atoms with Crippen LogP contribution >= 0.6 is 0 Å². The monoisotopic (exact) mass is 404 g/mol. The highest BCUT2D eigenvalue weighted by Gasteiger charge is 2.66. The molecule has 4 saturated carbocycles. The van der Waals surface area contributed by atoms with Crippen LogP contribution in [0.15, 0.2) is 0 Å². The maximum Gasteiger partial charge on any atom is 0.303 e. The fourth-order valence-corrected chi connectivity index (χ4v) is 7.39. The molecule has 0 amide bonds. The number of carbonyl (C=O) groups excluding carboxylic acids is 4. The van der Waals surface area contributed by atoms with E-state index in [-0.39, 0.29) is 46.9 Å². The first-order chi connectivity index (χ1) is 13.6. The van der Waals surface area contributed by atoms with Crippen LogP contribution in [0.1, 0.15) is 72.6 Å². The lowest BCUT2D eigenvalue weighted by molar-refractivity contribution is -0.196. The molecule has 4 aliphatic rings. The number of hydrogen-bond acceptors (Lipinski definition) is 6. The van der Waals surface area contributed by atoms with Crippen molar-refractivity contribution in [3.8, 4) is 0 Å². The van der Waals surface area contributed by atoms with Gasteiger partial charge in [0, 0.05) is 37.5 Å². The normalized spacial score (nSPS) is 46.3. The molecule has 0 aliphatic heterocycles. The fraction of sp³-hybridized carbons (Fsp3) is 0.826. The lowest BCUT2D eigenvalue weighted by Gasteiger charge is -2.60. The Morgan fingerprint density at radius 3 is 2.28 bits per heavy atom. The van der Waals surface area contributed by atoms with Crippen LogP contribution in [0, 0.1) is 34.5 Å². The second-order valence-electron chi connectivity index (χ2n) is 10.2. The van der Waals surface area contributed by atoms with Crippen molar-refractivity contribution in [1.82, 2.24) is 0 Å². The molecule has 6 nitrogen and oxygen atoms in total. The average Bonchev–Trinajstić information content (AvgIpc) is 2.94. The topological polar surface area (TPSA) is 86.7 Å². The molecule has 4 aliphatic carbocycles. The largest absolute Gasteiger partial charge is 0.463 e. The van der Waals surface area contributed by atoms with Crippen molar-refractivity contribution in [2.24, 2.45) is 34.5 Å². The molecule has 0 aromatic heterocycles. The van der Waals surface area contributed by atoms with Gasteiger partial charge < -0.3 is 9.47 Å². The summed E-state index contributed by atoms with van der Waals surface area (Å²) in [5, 5.41) is 0. The van der Waals surface area contributed by atoms with Gasteiger partial charge in [0.15, 0.2) is 11.9 Å². The zero-order valence-corrected chi connectivity index (χ0v) is 17.9. The molecule has 0 aromatic carbocycles. The van der Waals surface area contributed by atoms with E-state index < -0.39 is 17.5 Å². The Hall–Kier alpha value is -1.72. The van der Waals surface area contributed by atoms with Crippen LogP contribution in [0.5, 0.6) is 0 Å². The van der Waals surface area contributed by atoms with Gasteiger partial charge in [-0.1, -0.05) is 13.8 Å². The van der Waals surface area contributed by atoms with Gasteiger partial charge in [-0.2, -0.15) is 0 Å². The van der Waals surface area contributed by atoms with Crippen LogP contribution in [0.2, 0.25) is 0 Å². The van der Waals surface area contributed by atoms with E-state index >= 15 is 0 Å². The lowest BCUT2D eigenvalue weighted by atomic mass is 9.44. The summed E-state index contributed by atoms with van der Waals surface area (Å²) in [6, 6.07) is 0. The number of hydrogen-bond donors (Lipinski definition) is 0. The second-order valence-corrected chi connectivity index (χ2v) is 10.2. The number of Topliss-reactive ketones (excluding diaryl/α,β-unsaturated/α-hetero) is 2. The Morgan fingerprint density at radius 2 is 1.62 bits per heavy atom. The summed E-state index contributed by atoms with van der Waals surface area (Å²) in [6.45, 7) is 6.99. The van der Waals surface area contributed by atoms with E-state index in [1.165, 1.54) is 13.8 Å². The summed E-state index contributed by atoms with van der Waals surface area (Å²) in [7, 11) is 0. The van der Waals surface area contributed by atoms with Crippen molar-refractivity contribution in [2.45, 2.75) is 84.8 Å². The molecule has 0 aromatic rings. The molecular weight excluding hydrogens is 372 g/mol. The first-order valence-electron chi connectivity index (χ1n) is 11.0. The SMILES string of the molecule is CC(=O)O[C@H]1CC[C@@]2(C)[C@H](C1)C(=O)[C@H](OC(C)=O)[C@@H]1[C@@H]2CC[C@]2(C)C(=O)CC[C@@H]12. The molecule has 0 radical (unpaired) electrons. The summed E-state index contributed by atoms with van der Waals surface area (Å²) >= 11 is 0. The van der Waals surface area contributed by atoms with Crippen LogP contribution in [0.25, 0.3) is 0 Å². The fourth-order valence-electron chi connectivity index (χ4n) is 7.39. The predicted molar refractivity (Wildman–Crippen MR) is 104 cm³/mol. The smallest absolute Gasteiger partial charge is 0.303 e. The van der Waals surface area contributed by atoms with E-state index in [2.05, 4.69) is 6.92 Å². The molecule has 0 heterocycles. The number of carbonyl (C=O) groups is 4. The predicted octanol–water partition coefficient (Wildman–Crippen LogP) is 3.25. The Labute approximate surface area is 172 Å². The average molecular weight is 405 g/mol. The van der Waals surface area contributed by atoms with Crippen molar-refractivity contribution >= 4 is 23.5 Å². The van der Waals surface area contributed by atoms with Crippen LogP contribution in [0.4, 0.5) is 0 Å². The first kappa shape index (κ1) is 20.5. The van der Waals surface area contributed by atoms with Crippen molar-refractivity contribution in [3.63, 3.8) is 0 Å². The molecule has 0 saturated heterocycles. The Kier molecular flexibility index (Phi) is 4.90. The van der Waals surface area contributed by atoms with Crippen molar-refractivity contribution < 1.29 is 28.7 Å². The first-order valence-corrected chi connectivity index (χ1v) is 11.0. The van der Waals surface area contributed by atoms with Gasteiger partial charge >= 0.3 is 11.9 Å². The van der Waals surface area contributed by atoms with E-state index in [9.17, 15) is 19.2 Å². The third-order valence-corrected chi connectivity index (χ3v) is 8.79. The van der Waals surface area contributed by atoms with Crippen LogP contribution in [-0.2, 0) is 28.7 Å². The van der Waals surface area contributed by atoms with Crippen molar-refractivity contribution in [3.05, 3.63) is 0 Å². The highest BCUT2D eigenvalue weighted by Crippen LogP contribution is 2.65. The molecule has 0 spiro atoms. The number of fused-ring (bicyclic) bond motifs is 5. The second kappa shape index (κ2) is 6.92. The zero-order valence-electron chi connectivity index (χ0n) is 17.9. The van der Waals surface area contributed by atoms with Gasteiger partial charge in [0.2, 0.25) is 0 Å². The molecule has 8 atom stereocenters. The minimum absolute atomic E-state index is 0.0376. The minimum atomic E-state index is -0.790. The van der Waals surface area contributed by atoms with E-state index in [0.29, 0.717) is 18.6 Å². The molecule has 6 heteroatoms. The lowest BCUT2D eigenvalue weighted by Crippen LogP contribution is -2.63. The van der Waals surface area contributed by atoms with E-state index in [4.69, 9.17) is 9.47 Å². The third kappa shape index (κ3) is 3.05. The number of esters is 2. The van der Waals surface area contributed by atoms with Gasteiger partial charge in [0.05, 0.1) is 0 Å². The van der Waals surface area contributed by atoms with Crippen molar-refractivity contribution in [1.29, 1.82) is 0 Å². The molecule has 4 fully saturated rings. The van der Waals surface area contributed by atoms with Crippen LogP contribution in [0.3, 0.4) is 0 Å². The Balaban J connectivity index is 1.72. The summed E-state index contributed by atoms with van der Waals surface area (Å²) in [6.07, 6.45) is 4.06. The summed E-state index contributed by atoms with van der Waals surface area (Å²) < 4.78 is 11.1. The van der Waals surface area contributed by atoms with Gasteiger partial charge in [-0.25, -0.2) is 0 Å². The van der Waals surface area contributed by atoms with Crippen molar-refractivity contribution in [2.75, 3.05) is 0 Å². The molecule has 160 valence electrons. The van der Waals surface area contributed by atoms with Crippen LogP contribution < -0.4 is 0 Å². The molecule has 0 N–H and O–H groups in total. The minimum Gasteiger partial charge on any atom is -0.463 e. The third-order valence-electron chi connectivity index (χ3n) is 8.79. The van der Waals surface area contributed by atoms with Crippen LogP contribution in [-0.4, -0.2) is 35.7 Å². The molecule has 0 unspecified atom stereocenters. The highest BCUT2D eigenvalue weighted by molar-refractivity contribution is 5.91. The van der Waals surface area contributed by atoms with Gasteiger partial charge in [0.1, 0.15) is 11.9 Å². The molecule has 0 bridgehead atoms. The van der Waals surface area contributed by atoms with Gasteiger partial charge in [-0.15, -0.1) is 0 Å². The van der Waals surface area contributed by atoms with Gasteiger partial charge in [-0.3, -0.25) is 19.2 Å². The maximum atomic E-state index is 13.7. The number of ketones is 2. The number of ether oxygens (including phenoxy) is 2. The summed E-state index contributed by atoms with van der Waals surface area (Å²) in [5.41, 5.74) is -0.611. The molecular formula is C23H32O6. The molecule has 4 rings (SSSR count). The quantitative estimate of drug-likeness (QED) is 0.657. The highest BCUT2D eigenvalue weighted by atomic mass is 16.5. The Morgan fingerprint density at radius 1 is 0.931 bits per heavy atom. The van der Waals surface area contributed by atoms with E-state index in [1.807, 2.05) is 6.92 Å². The van der Waals surface area contributed by atoms with E-state index in [0.717, 1.165) is 32.1 Å². The summed E-state index contributed by atoms with van der Waals surface area (Å²) in [5.74, 6) is -0.576. The molecule has 29 heavy (non-hydrogen) atoms. The zero-order chi connectivity index (χ0) is 21.1. The van der Waals surface area contributed by atoms with Gasteiger partial charge in [0.25, 0.3) is 0 Å². The van der Waals surface area contributed by atoms with Gasteiger partial charge in [-0.05, 0) is 55.8 Å². The Bertz CT molecular complexity index is 758. The maximum absolute atomic E-state index is 13.7.